The number of aromatic amines is 1. The van der Waals surface area contributed by atoms with Crippen LogP contribution in [0, 0.1) is 17.1 Å². The molecule has 0 aliphatic carbocycles. The van der Waals surface area contributed by atoms with E-state index in [9.17, 15) is 18.8 Å². The number of rotatable bonds is 4. The Morgan fingerprint density at radius 1 is 1.05 bits per heavy atom. The molecule has 4 heterocycles. The Balaban J connectivity index is 1.16. The van der Waals surface area contributed by atoms with Gasteiger partial charge in [0.1, 0.15) is 11.9 Å². The minimum Gasteiger partial charge on any atom is -0.357 e. The van der Waals surface area contributed by atoms with Gasteiger partial charge in [-0.25, -0.2) is 4.39 Å². The van der Waals surface area contributed by atoms with Gasteiger partial charge in [0.2, 0.25) is 11.8 Å². The number of piperidine rings is 2. The molecule has 188 valence electrons. The molecule has 3 amide bonds. The number of nitrogens with zero attached hydrogens (tertiary/aromatic N) is 3. The number of nitrogens with one attached hydrogen (secondary N) is 2. The second kappa shape index (κ2) is 9.12. The number of imide groups is 1. The van der Waals surface area contributed by atoms with Crippen LogP contribution in [-0.2, 0) is 22.7 Å². The predicted molar refractivity (Wildman–Crippen MR) is 133 cm³/mol. The molecule has 8 nitrogen and oxygen atoms in total. The van der Waals surface area contributed by atoms with Gasteiger partial charge in [0, 0.05) is 36.3 Å². The summed E-state index contributed by atoms with van der Waals surface area (Å²) in [6, 6.07) is 12.0. The third kappa shape index (κ3) is 4.27. The smallest absolute Gasteiger partial charge is 0.255 e. The minimum atomic E-state index is -0.712. The molecule has 0 bridgehead atoms. The number of carbonyl (C=O) groups excluding carboxylic acids is 3. The molecule has 2 saturated heterocycles. The first kappa shape index (κ1) is 23.4. The maximum atomic E-state index is 14.6. The Morgan fingerprint density at radius 3 is 2.62 bits per heavy atom. The molecule has 6 rings (SSSR count). The number of halogens is 1. The van der Waals surface area contributed by atoms with E-state index in [0.29, 0.717) is 11.1 Å². The number of likely N-dealkylation sites (tertiary alicyclic amines) is 1. The second-order valence-electron chi connectivity index (χ2n) is 10.2. The summed E-state index contributed by atoms with van der Waals surface area (Å²) in [5, 5.41) is 12.5. The third-order valence-corrected chi connectivity index (χ3v) is 7.88. The van der Waals surface area contributed by atoms with E-state index in [1.807, 2.05) is 18.2 Å². The van der Waals surface area contributed by atoms with Crippen LogP contribution in [0.3, 0.4) is 0 Å². The van der Waals surface area contributed by atoms with Crippen LogP contribution in [0.5, 0.6) is 0 Å². The lowest BCUT2D eigenvalue weighted by molar-refractivity contribution is -0.136. The van der Waals surface area contributed by atoms with Crippen LogP contribution in [0.4, 0.5) is 4.39 Å². The van der Waals surface area contributed by atoms with Crippen molar-refractivity contribution in [3.8, 4) is 6.07 Å². The van der Waals surface area contributed by atoms with Crippen LogP contribution >= 0.6 is 0 Å². The highest BCUT2D eigenvalue weighted by atomic mass is 19.1. The average Bonchev–Trinajstić information content (AvgIpc) is 3.44. The molecule has 2 N–H and O–H groups in total. The van der Waals surface area contributed by atoms with Crippen LogP contribution < -0.4 is 5.32 Å². The lowest BCUT2D eigenvalue weighted by Gasteiger charge is -2.33. The van der Waals surface area contributed by atoms with Gasteiger partial charge in [-0.15, -0.1) is 0 Å². The van der Waals surface area contributed by atoms with Gasteiger partial charge in [-0.2, -0.15) is 5.26 Å². The zero-order chi connectivity index (χ0) is 25.7. The number of benzene rings is 2. The molecule has 0 saturated carbocycles. The molecule has 2 fully saturated rings. The van der Waals surface area contributed by atoms with Gasteiger partial charge in [0.05, 0.1) is 11.6 Å². The fourth-order valence-electron chi connectivity index (χ4n) is 6.00. The van der Waals surface area contributed by atoms with E-state index in [-0.39, 0.29) is 37.1 Å². The normalized spacial score (nSPS) is 20.8. The summed E-state index contributed by atoms with van der Waals surface area (Å²) in [6.45, 7) is 2.68. The fourth-order valence-corrected chi connectivity index (χ4v) is 6.00. The number of carbonyl (C=O) groups is 3. The van der Waals surface area contributed by atoms with Crippen LogP contribution in [0.15, 0.2) is 36.4 Å². The maximum Gasteiger partial charge on any atom is 0.255 e. The summed E-state index contributed by atoms with van der Waals surface area (Å²) in [4.78, 5) is 44.3. The second-order valence-corrected chi connectivity index (χ2v) is 10.2. The van der Waals surface area contributed by atoms with E-state index in [1.165, 1.54) is 11.0 Å². The van der Waals surface area contributed by atoms with Crippen LogP contribution in [-0.4, -0.2) is 51.6 Å². The van der Waals surface area contributed by atoms with Crippen molar-refractivity contribution < 1.29 is 18.8 Å². The van der Waals surface area contributed by atoms with Gasteiger partial charge in [-0.05, 0) is 85.1 Å². The van der Waals surface area contributed by atoms with Crippen molar-refractivity contribution in [2.45, 2.75) is 50.7 Å². The highest BCUT2D eigenvalue weighted by Gasteiger charge is 2.41. The SMILES string of the molecule is N#Cc1ccc2cc(CN3CCC(c4cc(F)cc5c4CN(C4CCC(=O)NC4=O)C5=O)CC3)[nH]c2c1. The zero-order valence-electron chi connectivity index (χ0n) is 20.2. The summed E-state index contributed by atoms with van der Waals surface area (Å²) >= 11 is 0. The molecule has 0 spiro atoms. The largest absolute Gasteiger partial charge is 0.357 e. The van der Waals surface area contributed by atoms with E-state index < -0.39 is 17.8 Å². The number of hydrogen-bond acceptors (Lipinski definition) is 5. The van der Waals surface area contributed by atoms with E-state index in [0.717, 1.165) is 60.2 Å². The van der Waals surface area contributed by atoms with Crippen molar-refractivity contribution in [1.82, 2.24) is 20.1 Å². The Kier molecular flexibility index (Phi) is 5.76. The number of H-pyrrole nitrogens is 1. The third-order valence-electron chi connectivity index (χ3n) is 7.88. The summed E-state index contributed by atoms with van der Waals surface area (Å²) in [5.41, 5.74) is 4.65. The Labute approximate surface area is 213 Å². The molecule has 9 heteroatoms. The maximum absolute atomic E-state index is 14.6. The van der Waals surface area contributed by atoms with Gasteiger partial charge in [0.25, 0.3) is 5.91 Å². The average molecular weight is 500 g/mol. The summed E-state index contributed by atoms with van der Waals surface area (Å²) in [7, 11) is 0. The minimum absolute atomic E-state index is 0.121. The molecule has 3 aliphatic heterocycles. The Bertz CT molecular complexity index is 1480. The van der Waals surface area contributed by atoms with Crippen molar-refractivity contribution in [2.75, 3.05) is 13.1 Å². The van der Waals surface area contributed by atoms with Crippen molar-refractivity contribution in [2.24, 2.45) is 0 Å². The molecule has 3 aliphatic rings. The lowest BCUT2D eigenvalue weighted by Crippen LogP contribution is -2.52. The van der Waals surface area contributed by atoms with Crippen molar-refractivity contribution in [3.05, 3.63) is 70.2 Å². The van der Waals surface area contributed by atoms with Gasteiger partial charge >= 0.3 is 0 Å². The van der Waals surface area contributed by atoms with E-state index in [2.05, 4.69) is 27.3 Å². The van der Waals surface area contributed by atoms with Gasteiger partial charge < -0.3 is 9.88 Å². The van der Waals surface area contributed by atoms with Gasteiger partial charge in [-0.1, -0.05) is 6.07 Å². The first-order valence-electron chi connectivity index (χ1n) is 12.6. The molecular formula is C28H26FN5O3. The van der Waals surface area contributed by atoms with Crippen molar-refractivity contribution in [1.29, 1.82) is 5.26 Å². The molecule has 37 heavy (non-hydrogen) atoms. The summed E-state index contributed by atoms with van der Waals surface area (Å²) in [5.74, 6) is -1.46. The quantitative estimate of drug-likeness (QED) is 0.536. The highest BCUT2D eigenvalue weighted by molar-refractivity contribution is 6.05. The number of aromatic nitrogens is 1. The van der Waals surface area contributed by atoms with Crippen LogP contribution in [0.1, 0.15) is 64.3 Å². The first-order valence-corrected chi connectivity index (χ1v) is 12.6. The fraction of sp³-hybridized carbons (Fsp3) is 0.357. The highest BCUT2D eigenvalue weighted by Crippen LogP contribution is 2.38. The first-order chi connectivity index (χ1) is 17.9. The standard InChI is InChI=1S/C28H26FN5O3/c29-19-11-21(23-15-34(28(37)22(23)12-19)25-3-4-26(35)32-27(25)36)17-5-7-33(8-6-17)14-20-10-18-2-1-16(13-30)9-24(18)31-20/h1-2,9-12,17,25,31H,3-8,14-15H2,(H,32,35,36). The molecule has 2 aromatic carbocycles. The molecule has 1 unspecified atom stereocenters. The summed E-state index contributed by atoms with van der Waals surface area (Å²) in [6.07, 6.45) is 2.14. The van der Waals surface area contributed by atoms with Crippen LogP contribution in [0.2, 0.25) is 0 Å². The topological polar surface area (TPSA) is 109 Å². The Morgan fingerprint density at radius 2 is 1.86 bits per heavy atom. The number of hydrogen-bond donors (Lipinski definition) is 2. The predicted octanol–water partition coefficient (Wildman–Crippen LogP) is 3.32. The zero-order valence-corrected chi connectivity index (χ0v) is 20.2. The number of fused-ring (bicyclic) bond motifs is 2. The number of amides is 3. The van der Waals surface area contributed by atoms with Crippen molar-refractivity contribution in [3.63, 3.8) is 0 Å². The Hall–Kier alpha value is -4.03. The van der Waals surface area contributed by atoms with Crippen molar-refractivity contribution >= 4 is 28.6 Å². The molecule has 1 atom stereocenters. The van der Waals surface area contributed by atoms with Gasteiger partial charge in [0.15, 0.2) is 0 Å². The molecule has 3 aromatic rings. The molecule has 0 radical (unpaired) electrons. The van der Waals surface area contributed by atoms with E-state index in [4.69, 9.17) is 5.26 Å². The lowest BCUT2D eigenvalue weighted by atomic mass is 9.85. The van der Waals surface area contributed by atoms with Gasteiger partial charge in [-0.3, -0.25) is 24.6 Å². The number of nitriles is 1. The van der Waals surface area contributed by atoms with E-state index >= 15 is 0 Å². The van der Waals surface area contributed by atoms with Crippen LogP contribution in [0.25, 0.3) is 10.9 Å². The monoisotopic (exact) mass is 499 g/mol. The van der Waals surface area contributed by atoms with E-state index in [1.54, 1.807) is 6.07 Å². The summed E-state index contributed by atoms with van der Waals surface area (Å²) < 4.78 is 14.6. The molecular weight excluding hydrogens is 473 g/mol. The molecule has 1 aromatic heterocycles.